The maximum atomic E-state index is 13.2. The topological polar surface area (TPSA) is 32.3 Å². The maximum absolute atomic E-state index is 13.2. The third kappa shape index (κ3) is 6.29. The van der Waals surface area contributed by atoms with E-state index in [1.807, 2.05) is 29.2 Å². The lowest BCUT2D eigenvalue weighted by atomic mass is 9.70. The van der Waals surface area contributed by atoms with Gasteiger partial charge in [-0.25, -0.2) is 4.39 Å². The molecule has 0 saturated carbocycles. The first-order valence-corrected chi connectivity index (χ1v) is 13.1. The zero-order chi connectivity index (χ0) is 25.5. The molecule has 0 spiro atoms. The molecule has 4 rings (SSSR count). The lowest BCUT2D eigenvalue weighted by Gasteiger charge is -2.44. The Labute approximate surface area is 222 Å². The Morgan fingerprint density at radius 3 is 2.25 bits per heavy atom. The van der Waals surface area contributed by atoms with Crippen LogP contribution in [0.25, 0.3) is 0 Å². The Hall–Kier alpha value is -2.82. The molecule has 1 fully saturated rings. The average Bonchev–Trinajstić information content (AvgIpc) is 2.90. The molecular weight excluding hydrogens is 494 g/mol. The summed E-state index contributed by atoms with van der Waals surface area (Å²) in [5.74, 6) is -0.122. The second-order valence-corrected chi connectivity index (χ2v) is 10.2. The van der Waals surface area contributed by atoms with Gasteiger partial charge in [-0.2, -0.15) is 0 Å². The highest BCUT2D eigenvalue weighted by Gasteiger charge is 2.39. The van der Waals surface area contributed by atoms with Crippen molar-refractivity contribution < 1.29 is 9.18 Å². The van der Waals surface area contributed by atoms with Crippen molar-refractivity contribution >= 4 is 29.1 Å². The normalized spacial score (nSPS) is 14.9. The van der Waals surface area contributed by atoms with Crippen LogP contribution in [0, 0.1) is 5.82 Å². The maximum Gasteiger partial charge on any atom is 0.222 e. The van der Waals surface area contributed by atoms with Crippen LogP contribution in [0.1, 0.15) is 36.0 Å². The van der Waals surface area contributed by atoms with Crippen LogP contribution in [0.3, 0.4) is 0 Å². The van der Waals surface area contributed by atoms with Crippen LogP contribution >= 0.6 is 23.2 Å². The van der Waals surface area contributed by atoms with Gasteiger partial charge in [0, 0.05) is 37.2 Å². The molecule has 1 saturated heterocycles. The molecule has 1 N–H and O–H groups in total. The number of carbonyl (C=O) groups excluding carboxylic acids is 1. The van der Waals surface area contributed by atoms with Gasteiger partial charge >= 0.3 is 0 Å². The third-order valence-electron chi connectivity index (χ3n) is 7.15. The van der Waals surface area contributed by atoms with E-state index < -0.39 is 0 Å². The summed E-state index contributed by atoms with van der Waals surface area (Å²) < 4.78 is 13.2. The molecule has 6 heteroatoms. The fraction of sp³-hybridized carbons (Fsp3) is 0.300. The molecule has 0 atom stereocenters. The molecule has 1 aliphatic heterocycles. The van der Waals surface area contributed by atoms with Crippen molar-refractivity contribution in [3.05, 3.63) is 118 Å². The highest BCUT2D eigenvalue weighted by molar-refractivity contribution is 6.42. The van der Waals surface area contributed by atoms with E-state index in [0.29, 0.717) is 36.0 Å². The van der Waals surface area contributed by atoms with Crippen molar-refractivity contribution in [2.24, 2.45) is 0 Å². The Morgan fingerprint density at radius 1 is 0.917 bits per heavy atom. The van der Waals surface area contributed by atoms with E-state index in [2.05, 4.69) is 36.2 Å². The van der Waals surface area contributed by atoms with Crippen molar-refractivity contribution in [3.63, 3.8) is 0 Å². The first kappa shape index (κ1) is 26.2. The van der Waals surface area contributed by atoms with E-state index in [4.69, 9.17) is 23.2 Å². The number of piperidine rings is 1. The van der Waals surface area contributed by atoms with Crippen LogP contribution in [-0.2, 0) is 23.1 Å². The minimum Gasteiger partial charge on any atom is -0.388 e. The van der Waals surface area contributed by atoms with Crippen molar-refractivity contribution in [1.29, 1.82) is 0 Å². The average molecular weight is 525 g/mol. The standard InChI is InChI=1S/C30H31Cl2FN2O/c1-22(34-18-15-24-9-13-27(31)28(32)21-24)30(25-5-3-2-4-6-25)16-19-35(20-17-30)29(36)14-10-23-7-11-26(33)12-8-23/h2-9,11-13,21,34H,1,10,14-20H2. The summed E-state index contributed by atoms with van der Waals surface area (Å²) in [4.78, 5) is 14.9. The number of rotatable bonds is 9. The van der Waals surface area contributed by atoms with Gasteiger partial charge < -0.3 is 10.2 Å². The molecular formula is C30H31Cl2FN2O. The van der Waals surface area contributed by atoms with Gasteiger partial charge in [0.15, 0.2) is 0 Å². The molecule has 0 aliphatic carbocycles. The van der Waals surface area contributed by atoms with Gasteiger partial charge in [0.1, 0.15) is 5.82 Å². The molecule has 0 bridgehead atoms. The molecule has 36 heavy (non-hydrogen) atoms. The van der Waals surface area contributed by atoms with E-state index in [-0.39, 0.29) is 17.1 Å². The fourth-order valence-corrected chi connectivity index (χ4v) is 5.26. The monoisotopic (exact) mass is 524 g/mol. The van der Waals surface area contributed by atoms with Gasteiger partial charge in [0.05, 0.1) is 10.0 Å². The number of nitrogens with zero attached hydrogens (tertiary/aromatic N) is 1. The Bertz CT molecular complexity index is 1190. The number of carbonyl (C=O) groups is 1. The van der Waals surface area contributed by atoms with E-state index in [0.717, 1.165) is 42.6 Å². The Balaban J connectivity index is 1.38. The molecule has 188 valence electrons. The van der Waals surface area contributed by atoms with Crippen LogP contribution in [0.5, 0.6) is 0 Å². The molecule has 1 heterocycles. The van der Waals surface area contributed by atoms with Gasteiger partial charge in [0.2, 0.25) is 5.91 Å². The van der Waals surface area contributed by atoms with Crippen LogP contribution in [0.4, 0.5) is 4.39 Å². The number of nitrogens with one attached hydrogen (secondary N) is 1. The fourth-order valence-electron chi connectivity index (χ4n) is 4.94. The van der Waals surface area contributed by atoms with Crippen molar-refractivity contribution in [2.75, 3.05) is 19.6 Å². The number of hydrogen-bond donors (Lipinski definition) is 1. The lowest BCUT2D eigenvalue weighted by Crippen LogP contribution is -2.48. The molecule has 0 unspecified atom stereocenters. The minimum absolute atomic E-state index is 0.138. The van der Waals surface area contributed by atoms with E-state index in [9.17, 15) is 9.18 Å². The van der Waals surface area contributed by atoms with Crippen LogP contribution in [-0.4, -0.2) is 30.4 Å². The predicted octanol–water partition coefficient (Wildman–Crippen LogP) is 6.97. The zero-order valence-electron chi connectivity index (χ0n) is 20.3. The van der Waals surface area contributed by atoms with E-state index in [1.165, 1.54) is 17.7 Å². The molecule has 0 aromatic heterocycles. The van der Waals surface area contributed by atoms with E-state index >= 15 is 0 Å². The molecule has 3 nitrogen and oxygen atoms in total. The van der Waals surface area contributed by atoms with Crippen LogP contribution in [0.15, 0.2) is 85.1 Å². The molecule has 3 aromatic carbocycles. The predicted molar refractivity (Wildman–Crippen MR) is 146 cm³/mol. The number of amides is 1. The van der Waals surface area contributed by atoms with Crippen molar-refractivity contribution in [3.8, 4) is 0 Å². The summed E-state index contributed by atoms with van der Waals surface area (Å²) in [5, 5.41) is 4.68. The number of aryl methyl sites for hydroxylation is 1. The molecule has 0 radical (unpaired) electrons. The summed E-state index contributed by atoms with van der Waals surface area (Å²) >= 11 is 12.2. The lowest BCUT2D eigenvalue weighted by molar-refractivity contribution is -0.132. The van der Waals surface area contributed by atoms with E-state index in [1.54, 1.807) is 12.1 Å². The second kappa shape index (κ2) is 11.9. The Kier molecular flexibility index (Phi) is 8.71. The number of halogens is 3. The first-order chi connectivity index (χ1) is 17.4. The van der Waals surface area contributed by atoms with Gasteiger partial charge in [0.25, 0.3) is 0 Å². The Morgan fingerprint density at radius 2 is 1.58 bits per heavy atom. The summed E-state index contributed by atoms with van der Waals surface area (Å²) in [5.41, 5.74) is 4.04. The molecule has 3 aromatic rings. The SMILES string of the molecule is C=C(NCCc1ccc(Cl)c(Cl)c1)C1(c2ccccc2)CCN(C(=O)CCc2ccc(F)cc2)CC1. The quantitative estimate of drug-likeness (QED) is 0.327. The van der Waals surface area contributed by atoms with Gasteiger partial charge in [-0.15, -0.1) is 0 Å². The summed E-state index contributed by atoms with van der Waals surface area (Å²) in [6, 6.07) is 22.5. The van der Waals surface area contributed by atoms with Crippen molar-refractivity contribution in [2.45, 2.75) is 37.5 Å². The smallest absolute Gasteiger partial charge is 0.222 e. The minimum atomic E-state index is -0.260. The summed E-state index contributed by atoms with van der Waals surface area (Å²) in [6.45, 7) is 6.52. The largest absolute Gasteiger partial charge is 0.388 e. The van der Waals surface area contributed by atoms with Gasteiger partial charge in [-0.05, 0) is 66.6 Å². The van der Waals surface area contributed by atoms with Crippen LogP contribution < -0.4 is 5.32 Å². The second-order valence-electron chi connectivity index (χ2n) is 9.36. The third-order valence-corrected chi connectivity index (χ3v) is 7.89. The summed E-state index contributed by atoms with van der Waals surface area (Å²) in [6.07, 6.45) is 3.44. The highest BCUT2D eigenvalue weighted by atomic mass is 35.5. The first-order valence-electron chi connectivity index (χ1n) is 12.3. The number of hydrogen-bond acceptors (Lipinski definition) is 2. The summed E-state index contributed by atoms with van der Waals surface area (Å²) in [7, 11) is 0. The van der Waals surface area contributed by atoms with Gasteiger partial charge in [-0.3, -0.25) is 4.79 Å². The number of benzene rings is 3. The molecule has 1 aliphatic rings. The molecule has 1 amide bonds. The zero-order valence-corrected chi connectivity index (χ0v) is 21.8. The van der Waals surface area contributed by atoms with Gasteiger partial charge in [-0.1, -0.05) is 78.3 Å². The van der Waals surface area contributed by atoms with Crippen molar-refractivity contribution in [1.82, 2.24) is 10.2 Å². The highest BCUT2D eigenvalue weighted by Crippen LogP contribution is 2.40. The number of allylic oxidation sites excluding steroid dienone is 1. The van der Waals surface area contributed by atoms with Crippen LogP contribution in [0.2, 0.25) is 10.0 Å². The number of likely N-dealkylation sites (tertiary alicyclic amines) is 1.